The van der Waals surface area contributed by atoms with Gasteiger partial charge in [-0.15, -0.1) is 0 Å². The van der Waals surface area contributed by atoms with Gasteiger partial charge in [0.25, 0.3) is 0 Å². The number of aliphatic hydroxyl groups excluding tert-OH is 1. The molecular weight excluding hydrogens is 274 g/mol. The number of carbonyl (C=O) groups excluding carboxylic acids is 1. The van der Waals surface area contributed by atoms with Crippen molar-refractivity contribution in [3.05, 3.63) is 29.3 Å². The minimum absolute atomic E-state index is 0.0386. The summed E-state index contributed by atoms with van der Waals surface area (Å²) in [6, 6.07) is 0.377. The summed E-state index contributed by atoms with van der Waals surface area (Å²) in [5.41, 5.74) is -1.18. The number of carboxylic acid groups (broad SMARTS) is 1. The maximum absolute atomic E-state index is 13.5. The van der Waals surface area contributed by atoms with Crippen molar-refractivity contribution in [3.8, 4) is 0 Å². The predicted octanol–water partition coefficient (Wildman–Crippen LogP) is 1.51. The van der Waals surface area contributed by atoms with Crippen LogP contribution in [0.25, 0.3) is 0 Å². The lowest BCUT2D eigenvalue weighted by Gasteiger charge is -2.20. The molecule has 2 amide bonds. The lowest BCUT2D eigenvalue weighted by Crippen LogP contribution is -2.37. The van der Waals surface area contributed by atoms with Gasteiger partial charge in [-0.2, -0.15) is 0 Å². The summed E-state index contributed by atoms with van der Waals surface area (Å²) < 4.78 is 26.7. The summed E-state index contributed by atoms with van der Waals surface area (Å²) in [5.74, 6) is -3.88. The molecule has 0 bridgehead atoms. The Morgan fingerprint density at radius 1 is 1.30 bits per heavy atom. The second-order valence-corrected chi connectivity index (χ2v) is 3.85. The fraction of sp³-hybridized carbons (Fsp3) is 0.333. The molecule has 0 aliphatic rings. The molecule has 110 valence electrons. The summed E-state index contributed by atoms with van der Waals surface area (Å²) in [6.07, 6.45) is 0. The predicted molar refractivity (Wildman–Crippen MR) is 66.7 cm³/mol. The molecule has 0 atom stereocenters. The van der Waals surface area contributed by atoms with Gasteiger partial charge in [0.05, 0.1) is 17.9 Å². The molecule has 3 N–H and O–H groups in total. The van der Waals surface area contributed by atoms with Crippen molar-refractivity contribution < 1.29 is 28.6 Å². The first-order valence-corrected chi connectivity index (χ1v) is 5.79. The number of carboxylic acids is 1. The SMILES string of the molecule is CCN(CCO)C(=O)Nc1cc(C(=O)O)c(F)cc1F. The Bertz CT molecular complexity index is 522. The fourth-order valence-electron chi connectivity index (χ4n) is 1.53. The molecule has 8 heteroatoms. The number of aliphatic hydroxyl groups is 1. The zero-order chi connectivity index (χ0) is 15.3. The molecule has 0 unspecified atom stereocenters. The summed E-state index contributed by atoms with van der Waals surface area (Å²) in [5, 5.41) is 19.6. The summed E-state index contributed by atoms with van der Waals surface area (Å²) in [7, 11) is 0. The number of aromatic carboxylic acids is 1. The number of hydrogen-bond acceptors (Lipinski definition) is 3. The van der Waals surface area contributed by atoms with Gasteiger partial charge in [-0.1, -0.05) is 0 Å². The molecule has 6 nitrogen and oxygen atoms in total. The van der Waals surface area contributed by atoms with E-state index in [1.165, 1.54) is 4.90 Å². The number of benzene rings is 1. The molecule has 1 aromatic rings. The number of carbonyl (C=O) groups is 2. The van der Waals surface area contributed by atoms with Gasteiger partial charge in [0.15, 0.2) is 0 Å². The topological polar surface area (TPSA) is 89.9 Å². The highest BCUT2D eigenvalue weighted by Gasteiger charge is 2.18. The second kappa shape index (κ2) is 6.80. The molecular formula is C12H14F2N2O4. The van der Waals surface area contributed by atoms with Gasteiger partial charge in [0.2, 0.25) is 0 Å². The Kier molecular flexibility index (Phi) is 5.39. The van der Waals surface area contributed by atoms with Gasteiger partial charge < -0.3 is 20.4 Å². The third-order valence-corrected chi connectivity index (χ3v) is 2.57. The highest BCUT2D eigenvalue weighted by atomic mass is 19.1. The van der Waals surface area contributed by atoms with E-state index >= 15 is 0 Å². The Balaban J connectivity index is 3.00. The highest BCUT2D eigenvalue weighted by molar-refractivity contribution is 5.93. The molecule has 0 radical (unpaired) electrons. The van der Waals surface area contributed by atoms with E-state index < -0.39 is 34.9 Å². The maximum Gasteiger partial charge on any atom is 0.338 e. The Hall–Kier alpha value is -2.22. The standard InChI is InChI=1S/C12H14F2N2O4/c1-2-16(3-4-17)12(20)15-10-5-7(11(18)19)8(13)6-9(10)14/h5-6,17H,2-4H2,1H3,(H,15,20)(H,18,19). The molecule has 0 aliphatic heterocycles. The number of anilines is 1. The van der Waals surface area contributed by atoms with Crippen LogP contribution < -0.4 is 5.32 Å². The number of nitrogens with one attached hydrogen (secondary N) is 1. The molecule has 1 rings (SSSR count). The quantitative estimate of drug-likeness (QED) is 0.766. The lowest BCUT2D eigenvalue weighted by atomic mass is 10.2. The largest absolute Gasteiger partial charge is 0.478 e. The third kappa shape index (κ3) is 3.64. The van der Waals surface area contributed by atoms with Crippen LogP contribution in [-0.2, 0) is 0 Å². The number of rotatable bonds is 5. The van der Waals surface area contributed by atoms with Gasteiger partial charge in [0, 0.05) is 19.2 Å². The number of amides is 2. The number of halogens is 2. The first-order valence-electron chi connectivity index (χ1n) is 5.79. The molecule has 20 heavy (non-hydrogen) atoms. The van der Waals surface area contributed by atoms with Crippen molar-refractivity contribution in [3.63, 3.8) is 0 Å². The summed E-state index contributed by atoms with van der Waals surface area (Å²) in [6.45, 7) is 1.68. The molecule has 0 aliphatic carbocycles. The van der Waals surface area contributed by atoms with E-state index in [9.17, 15) is 18.4 Å². The first-order chi connectivity index (χ1) is 9.40. The van der Waals surface area contributed by atoms with Crippen LogP contribution in [-0.4, -0.2) is 46.8 Å². The van der Waals surface area contributed by atoms with E-state index in [1.807, 2.05) is 0 Å². The van der Waals surface area contributed by atoms with E-state index in [2.05, 4.69) is 5.32 Å². The minimum Gasteiger partial charge on any atom is -0.478 e. The van der Waals surface area contributed by atoms with Gasteiger partial charge in [0.1, 0.15) is 11.6 Å². The first kappa shape index (κ1) is 15.8. The van der Waals surface area contributed by atoms with Gasteiger partial charge in [-0.25, -0.2) is 18.4 Å². The number of urea groups is 1. The number of nitrogens with zero attached hydrogens (tertiary/aromatic N) is 1. The van der Waals surface area contributed by atoms with Crippen LogP contribution >= 0.6 is 0 Å². The molecule has 0 aromatic heterocycles. The Morgan fingerprint density at radius 3 is 2.45 bits per heavy atom. The smallest absolute Gasteiger partial charge is 0.338 e. The van der Waals surface area contributed by atoms with Crippen molar-refractivity contribution in [2.24, 2.45) is 0 Å². The number of hydrogen-bond donors (Lipinski definition) is 3. The van der Waals surface area contributed by atoms with Crippen molar-refractivity contribution in [2.45, 2.75) is 6.92 Å². The normalized spacial score (nSPS) is 10.2. The monoisotopic (exact) mass is 288 g/mol. The van der Waals surface area contributed by atoms with Gasteiger partial charge in [-0.05, 0) is 13.0 Å². The second-order valence-electron chi connectivity index (χ2n) is 3.85. The average molecular weight is 288 g/mol. The van der Waals surface area contributed by atoms with Crippen LogP contribution in [0.5, 0.6) is 0 Å². The van der Waals surface area contributed by atoms with Gasteiger partial charge in [-0.3, -0.25) is 0 Å². The molecule has 0 fully saturated rings. The number of likely N-dealkylation sites (N-methyl/N-ethyl adjacent to an activating group) is 1. The minimum atomic E-state index is -1.57. The average Bonchev–Trinajstić information content (AvgIpc) is 2.38. The maximum atomic E-state index is 13.5. The van der Waals surface area contributed by atoms with E-state index in [-0.39, 0.29) is 19.7 Å². The van der Waals surface area contributed by atoms with Crippen LogP contribution in [0.3, 0.4) is 0 Å². The van der Waals surface area contributed by atoms with Crippen molar-refractivity contribution >= 4 is 17.7 Å². The van der Waals surface area contributed by atoms with Crippen molar-refractivity contribution in [1.82, 2.24) is 4.90 Å². The van der Waals surface area contributed by atoms with Crippen molar-refractivity contribution in [1.29, 1.82) is 0 Å². The zero-order valence-corrected chi connectivity index (χ0v) is 10.7. The zero-order valence-electron chi connectivity index (χ0n) is 10.7. The summed E-state index contributed by atoms with van der Waals surface area (Å²) >= 11 is 0. The molecule has 1 aromatic carbocycles. The van der Waals surface area contributed by atoms with E-state index in [4.69, 9.17) is 10.2 Å². The van der Waals surface area contributed by atoms with Crippen LogP contribution in [0.15, 0.2) is 12.1 Å². The van der Waals surface area contributed by atoms with Crippen LogP contribution in [0.4, 0.5) is 19.3 Å². The van der Waals surface area contributed by atoms with E-state index in [0.717, 1.165) is 0 Å². The summed E-state index contributed by atoms with van der Waals surface area (Å²) in [4.78, 5) is 23.7. The van der Waals surface area contributed by atoms with Crippen molar-refractivity contribution in [2.75, 3.05) is 25.0 Å². The molecule has 0 heterocycles. The van der Waals surface area contributed by atoms with Gasteiger partial charge >= 0.3 is 12.0 Å². The molecule has 0 saturated carbocycles. The van der Waals surface area contributed by atoms with E-state index in [1.54, 1.807) is 6.92 Å². The Morgan fingerprint density at radius 2 is 1.95 bits per heavy atom. The highest BCUT2D eigenvalue weighted by Crippen LogP contribution is 2.20. The lowest BCUT2D eigenvalue weighted by molar-refractivity contribution is 0.0691. The van der Waals surface area contributed by atoms with Crippen LogP contribution in [0, 0.1) is 11.6 Å². The Labute approximate surface area is 113 Å². The fourth-order valence-corrected chi connectivity index (χ4v) is 1.53. The molecule has 0 spiro atoms. The van der Waals surface area contributed by atoms with Crippen LogP contribution in [0.2, 0.25) is 0 Å². The molecule has 0 saturated heterocycles. The third-order valence-electron chi connectivity index (χ3n) is 2.57. The van der Waals surface area contributed by atoms with Crippen LogP contribution in [0.1, 0.15) is 17.3 Å². The van der Waals surface area contributed by atoms with E-state index in [0.29, 0.717) is 12.1 Å².